The molecule has 0 atom stereocenters. The molecule has 2 aromatic rings. The molecule has 0 saturated carbocycles. The summed E-state index contributed by atoms with van der Waals surface area (Å²) in [5.41, 5.74) is 3.80. The Morgan fingerprint density at radius 2 is 1.72 bits per heavy atom. The number of nitrogens with one attached hydrogen (secondary N) is 1. The smallest absolute Gasteiger partial charge is 0.317 e. The van der Waals surface area contributed by atoms with E-state index in [4.69, 9.17) is 4.98 Å². The van der Waals surface area contributed by atoms with E-state index in [2.05, 4.69) is 16.3 Å². The van der Waals surface area contributed by atoms with Crippen molar-refractivity contribution < 1.29 is 14.4 Å². The summed E-state index contributed by atoms with van der Waals surface area (Å²) in [4.78, 5) is 48.1. The molecule has 3 aliphatic rings. The molecule has 3 heterocycles. The second-order valence-corrected chi connectivity index (χ2v) is 11.7. The fraction of sp³-hybridized carbons (Fsp3) is 0.533. The zero-order valence-corrected chi connectivity index (χ0v) is 23.7. The highest BCUT2D eigenvalue weighted by molar-refractivity contribution is 7.09. The Morgan fingerprint density at radius 3 is 2.38 bits per heavy atom. The van der Waals surface area contributed by atoms with E-state index < -0.39 is 0 Å². The zero-order chi connectivity index (χ0) is 27.2. The SMILES string of the molecule is CC(=O)c1ccc(N2CCN(C(=O)c3csc(C4CCN(C(=O)NCCC5=CCCCC5)CC4)n3)CC2)cc1. The highest BCUT2D eigenvalue weighted by atomic mass is 32.1. The van der Waals surface area contributed by atoms with E-state index in [9.17, 15) is 14.4 Å². The lowest BCUT2D eigenvalue weighted by atomic mass is 9.97. The number of ketones is 1. The van der Waals surface area contributed by atoms with Gasteiger partial charge in [0.2, 0.25) is 0 Å². The molecule has 39 heavy (non-hydrogen) atoms. The van der Waals surface area contributed by atoms with Crippen molar-refractivity contribution in [2.75, 3.05) is 50.7 Å². The number of allylic oxidation sites excluding steroid dienone is 1. The van der Waals surface area contributed by atoms with Crippen LogP contribution in [0.3, 0.4) is 0 Å². The first-order chi connectivity index (χ1) is 19.0. The monoisotopic (exact) mass is 549 g/mol. The van der Waals surface area contributed by atoms with E-state index in [-0.39, 0.29) is 17.7 Å². The number of hydrogen-bond acceptors (Lipinski definition) is 6. The number of piperidine rings is 1. The Morgan fingerprint density at radius 1 is 0.974 bits per heavy atom. The summed E-state index contributed by atoms with van der Waals surface area (Å²) in [7, 11) is 0. The maximum Gasteiger partial charge on any atom is 0.317 e. The van der Waals surface area contributed by atoms with Crippen molar-refractivity contribution >= 4 is 34.7 Å². The lowest BCUT2D eigenvalue weighted by molar-refractivity contribution is 0.0741. The first-order valence-corrected chi connectivity index (χ1v) is 15.2. The highest BCUT2D eigenvalue weighted by Gasteiger charge is 2.28. The fourth-order valence-corrected chi connectivity index (χ4v) is 6.68. The number of carbonyl (C=O) groups excluding carboxylic acids is 3. The number of Topliss-reactive ketones (excluding diaryl/α,β-unsaturated/α-hetero) is 1. The van der Waals surface area contributed by atoms with Crippen molar-refractivity contribution in [3.8, 4) is 0 Å². The van der Waals surface area contributed by atoms with Gasteiger partial charge in [-0.25, -0.2) is 9.78 Å². The number of carbonyl (C=O) groups is 3. The average Bonchev–Trinajstić information content (AvgIpc) is 3.48. The van der Waals surface area contributed by atoms with E-state index in [0.717, 1.165) is 56.1 Å². The Bertz CT molecular complexity index is 1190. The molecule has 0 bridgehead atoms. The zero-order valence-electron chi connectivity index (χ0n) is 22.9. The van der Waals surface area contributed by atoms with Gasteiger partial charge in [0.05, 0.1) is 5.01 Å². The molecule has 3 amide bonds. The van der Waals surface area contributed by atoms with Crippen LogP contribution in [-0.2, 0) is 0 Å². The topological polar surface area (TPSA) is 85.9 Å². The van der Waals surface area contributed by atoms with E-state index >= 15 is 0 Å². The van der Waals surface area contributed by atoms with Crippen LogP contribution in [0.15, 0.2) is 41.3 Å². The van der Waals surface area contributed by atoms with Crippen molar-refractivity contribution in [1.82, 2.24) is 20.1 Å². The number of likely N-dealkylation sites (tertiary alicyclic amines) is 1. The van der Waals surface area contributed by atoms with Crippen molar-refractivity contribution in [3.63, 3.8) is 0 Å². The minimum absolute atomic E-state index is 0.00558. The number of nitrogens with zero attached hydrogens (tertiary/aromatic N) is 4. The van der Waals surface area contributed by atoms with Crippen LogP contribution >= 0.6 is 11.3 Å². The van der Waals surface area contributed by atoms with Gasteiger partial charge in [0.15, 0.2) is 5.78 Å². The van der Waals surface area contributed by atoms with Crippen LogP contribution in [0.4, 0.5) is 10.5 Å². The van der Waals surface area contributed by atoms with Crippen molar-refractivity contribution in [2.45, 2.75) is 57.8 Å². The average molecular weight is 550 g/mol. The van der Waals surface area contributed by atoms with Gasteiger partial charge < -0.3 is 20.0 Å². The summed E-state index contributed by atoms with van der Waals surface area (Å²) in [6.45, 7) is 6.51. The van der Waals surface area contributed by atoms with Gasteiger partial charge in [0, 0.05) is 68.4 Å². The Labute approximate surface area is 235 Å². The standard InChI is InChI=1S/C30H39N5O3S/c1-22(36)24-7-9-26(10-8-24)33-17-19-34(20-18-33)29(37)27-21-39-28(32-27)25-12-15-35(16-13-25)30(38)31-14-11-23-5-3-2-4-6-23/h5,7-10,21,25H,2-4,6,11-20H2,1H3,(H,31,38). The normalized spacial score (nSPS) is 18.6. The van der Waals surface area contributed by atoms with Crippen LogP contribution in [-0.4, -0.2) is 78.3 Å². The number of amides is 3. The van der Waals surface area contributed by atoms with Crippen LogP contribution in [0.5, 0.6) is 0 Å². The molecule has 2 fully saturated rings. The van der Waals surface area contributed by atoms with Crippen molar-refractivity contribution in [1.29, 1.82) is 0 Å². The van der Waals surface area contributed by atoms with E-state index in [1.807, 2.05) is 39.4 Å². The van der Waals surface area contributed by atoms with Crippen LogP contribution in [0, 0.1) is 0 Å². The van der Waals surface area contributed by atoms with E-state index in [1.54, 1.807) is 18.3 Å². The number of anilines is 1. The fourth-order valence-electron chi connectivity index (χ4n) is 5.71. The molecule has 1 aromatic carbocycles. The minimum atomic E-state index is -0.00558. The van der Waals surface area contributed by atoms with Gasteiger partial charge >= 0.3 is 6.03 Å². The van der Waals surface area contributed by atoms with Crippen molar-refractivity contribution in [3.05, 3.63) is 57.6 Å². The van der Waals surface area contributed by atoms with Gasteiger partial charge in [-0.05, 0) is 76.1 Å². The van der Waals surface area contributed by atoms with Crippen LogP contribution in [0.25, 0.3) is 0 Å². The van der Waals surface area contributed by atoms with E-state index in [0.29, 0.717) is 36.8 Å². The molecule has 5 rings (SSSR count). The van der Waals surface area contributed by atoms with Gasteiger partial charge in [-0.3, -0.25) is 9.59 Å². The molecule has 1 aliphatic carbocycles. The molecule has 8 nitrogen and oxygen atoms in total. The molecule has 1 N–H and O–H groups in total. The lowest BCUT2D eigenvalue weighted by Crippen LogP contribution is -2.48. The summed E-state index contributed by atoms with van der Waals surface area (Å²) >= 11 is 1.57. The number of aromatic nitrogens is 1. The third-order valence-corrected chi connectivity index (χ3v) is 9.19. The number of thiazole rings is 1. The van der Waals surface area contributed by atoms with Gasteiger partial charge in [-0.2, -0.15) is 0 Å². The number of urea groups is 1. The lowest BCUT2D eigenvalue weighted by Gasteiger charge is -2.36. The summed E-state index contributed by atoms with van der Waals surface area (Å²) in [5, 5.41) is 5.99. The maximum atomic E-state index is 13.2. The maximum absolute atomic E-state index is 13.2. The third-order valence-electron chi connectivity index (χ3n) is 8.19. The second kappa shape index (κ2) is 12.8. The molecule has 0 unspecified atom stereocenters. The molecule has 2 saturated heterocycles. The first kappa shape index (κ1) is 27.4. The predicted molar refractivity (Wildman–Crippen MR) is 155 cm³/mol. The number of benzene rings is 1. The van der Waals surface area contributed by atoms with Gasteiger partial charge in [0.1, 0.15) is 5.69 Å². The molecule has 208 valence electrons. The van der Waals surface area contributed by atoms with Gasteiger partial charge in [0.25, 0.3) is 5.91 Å². The molecule has 1 aromatic heterocycles. The number of rotatable bonds is 7. The summed E-state index contributed by atoms with van der Waals surface area (Å²) in [5.74, 6) is 0.353. The third kappa shape index (κ3) is 6.87. The van der Waals surface area contributed by atoms with Crippen LogP contribution in [0.2, 0.25) is 0 Å². The molecular weight excluding hydrogens is 510 g/mol. The minimum Gasteiger partial charge on any atom is -0.368 e. The Balaban J connectivity index is 1.06. The Kier molecular flexibility index (Phi) is 8.96. The van der Waals surface area contributed by atoms with Gasteiger partial charge in [-0.15, -0.1) is 11.3 Å². The number of hydrogen-bond donors (Lipinski definition) is 1. The highest BCUT2D eigenvalue weighted by Crippen LogP contribution is 2.31. The second-order valence-electron chi connectivity index (χ2n) is 10.8. The molecule has 2 aliphatic heterocycles. The van der Waals surface area contributed by atoms with Gasteiger partial charge in [-0.1, -0.05) is 11.6 Å². The van der Waals surface area contributed by atoms with Crippen LogP contribution in [0.1, 0.15) is 83.6 Å². The quantitative estimate of drug-likeness (QED) is 0.384. The van der Waals surface area contributed by atoms with Crippen LogP contribution < -0.4 is 10.2 Å². The van der Waals surface area contributed by atoms with Crippen molar-refractivity contribution in [2.24, 2.45) is 0 Å². The largest absolute Gasteiger partial charge is 0.368 e. The summed E-state index contributed by atoms with van der Waals surface area (Å²) < 4.78 is 0. The summed E-state index contributed by atoms with van der Waals surface area (Å²) in [6, 6.07) is 7.71. The number of piperazine rings is 1. The molecule has 0 radical (unpaired) electrons. The first-order valence-electron chi connectivity index (χ1n) is 14.3. The molecular formula is C30H39N5O3S. The van der Waals surface area contributed by atoms with E-state index in [1.165, 1.54) is 31.3 Å². The molecule has 0 spiro atoms. The predicted octanol–water partition coefficient (Wildman–Crippen LogP) is 5.09. The Hall–Kier alpha value is -3.20. The summed E-state index contributed by atoms with van der Waals surface area (Å²) in [6.07, 6.45) is 9.96. The molecule has 9 heteroatoms.